The molecule has 0 spiro atoms. The molecule has 0 N–H and O–H groups in total. The van der Waals surface area contributed by atoms with Gasteiger partial charge in [-0.25, -0.2) is 8.42 Å². The van der Waals surface area contributed by atoms with E-state index in [-0.39, 0.29) is 0 Å². The topological polar surface area (TPSA) is 37.4 Å². The molecule has 1 aromatic rings. The van der Waals surface area contributed by atoms with E-state index >= 15 is 0 Å². The van der Waals surface area contributed by atoms with Gasteiger partial charge in [0, 0.05) is 23.4 Å². The quantitative estimate of drug-likeness (QED) is 0.783. The number of rotatable bonds is 3. The predicted octanol–water partition coefficient (Wildman–Crippen LogP) is 3.28. The number of benzene rings is 1. The van der Waals surface area contributed by atoms with Crippen LogP contribution >= 0.6 is 27.5 Å². The Kier molecular flexibility index (Phi) is 4.36. The number of hydrogen-bond donors (Lipinski definition) is 0. The monoisotopic (exact) mass is 351 g/mol. The van der Waals surface area contributed by atoms with Gasteiger partial charge in [-0.2, -0.15) is 4.31 Å². The van der Waals surface area contributed by atoms with Crippen LogP contribution in [-0.4, -0.2) is 25.8 Å². The van der Waals surface area contributed by atoms with E-state index in [4.69, 9.17) is 11.6 Å². The first kappa shape index (κ1) is 14.3. The van der Waals surface area contributed by atoms with Crippen LogP contribution in [0.4, 0.5) is 0 Å². The van der Waals surface area contributed by atoms with Crippen LogP contribution in [0.3, 0.4) is 0 Å². The molecule has 1 saturated heterocycles. The van der Waals surface area contributed by atoms with Crippen molar-refractivity contribution in [3.8, 4) is 0 Å². The van der Waals surface area contributed by atoms with Crippen LogP contribution in [0.25, 0.3) is 0 Å². The van der Waals surface area contributed by atoms with Gasteiger partial charge in [-0.3, -0.25) is 0 Å². The Balaban J connectivity index is 2.52. The third-order valence-electron chi connectivity index (χ3n) is 3.19. The highest BCUT2D eigenvalue weighted by atomic mass is 79.9. The van der Waals surface area contributed by atoms with Crippen molar-refractivity contribution in [2.75, 3.05) is 13.1 Å². The summed E-state index contributed by atoms with van der Waals surface area (Å²) in [6.07, 6.45) is 1.88. The summed E-state index contributed by atoms with van der Waals surface area (Å²) in [5.41, 5.74) is 1.56. The van der Waals surface area contributed by atoms with Crippen molar-refractivity contribution in [2.45, 2.75) is 30.5 Å². The SMILES string of the molecule is Cc1c(Br)cc(CCl)cc1S(=O)(=O)N1CCCC1. The Hall–Kier alpha value is -0.100. The van der Waals surface area contributed by atoms with Gasteiger partial charge in [0.15, 0.2) is 0 Å². The second-order valence-corrected chi connectivity index (χ2v) is 7.47. The molecule has 1 heterocycles. The number of hydrogen-bond acceptors (Lipinski definition) is 2. The Morgan fingerprint density at radius 1 is 1.33 bits per heavy atom. The van der Waals surface area contributed by atoms with Gasteiger partial charge in [0.1, 0.15) is 0 Å². The van der Waals surface area contributed by atoms with Crippen LogP contribution in [0, 0.1) is 6.92 Å². The van der Waals surface area contributed by atoms with Crippen molar-refractivity contribution in [3.05, 3.63) is 27.7 Å². The Bertz CT molecular complexity index is 553. The second-order valence-electron chi connectivity index (χ2n) is 4.45. The van der Waals surface area contributed by atoms with Gasteiger partial charge in [-0.15, -0.1) is 11.6 Å². The zero-order chi connectivity index (χ0) is 13.3. The third kappa shape index (κ3) is 2.59. The highest BCUT2D eigenvalue weighted by Gasteiger charge is 2.29. The minimum Gasteiger partial charge on any atom is -0.207 e. The minimum atomic E-state index is -3.38. The van der Waals surface area contributed by atoms with Crippen molar-refractivity contribution in [1.29, 1.82) is 0 Å². The maximum absolute atomic E-state index is 12.5. The molecule has 1 aromatic carbocycles. The lowest BCUT2D eigenvalue weighted by molar-refractivity contribution is 0.477. The van der Waals surface area contributed by atoms with Crippen LogP contribution in [-0.2, 0) is 15.9 Å². The van der Waals surface area contributed by atoms with Gasteiger partial charge in [-0.05, 0) is 43.0 Å². The molecule has 100 valence electrons. The summed E-state index contributed by atoms with van der Waals surface area (Å²) in [6, 6.07) is 3.55. The molecule has 0 bridgehead atoms. The number of halogens is 2. The molecule has 0 saturated carbocycles. The van der Waals surface area contributed by atoms with Gasteiger partial charge in [0.05, 0.1) is 4.90 Å². The highest BCUT2D eigenvalue weighted by Crippen LogP contribution is 2.30. The van der Waals surface area contributed by atoms with Crippen molar-refractivity contribution in [1.82, 2.24) is 4.31 Å². The van der Waals surface area contributed by atoms with Gasteiger partial charge in [0.25, 0.3) is 0 Å². The standard InChI is InChI=1S/C12H15BrClNO2S/c1-9-11(13)6-10(8-14)7-12(9)18(16,17)15-4-2-3-5-15/h6-7H,2-5,8H2,1H3. The fourth-order valence-corrected chi connectivity index (χ4v) is 4.73. The summed E-state index contributed by atoms with van der Waals surface area (Å²) in [6.45, 7) is 3.04. The largest absolute Gasteiger partial charge is 0.243 e. The number of sulfonamides is 1. The Labute approximate surface area is 121 Å². The number of nitrogens with zero attached hydrogens (tertiary/aromatic N) is 1. The van der Waals surface area contributed by atoms with Crippen molar-refractivity contribution in [3.63, 3.8) is 0 Å². The summed E-state index contributed by atoms with van der Waals surface area (Å²) in [7, 11) is -3.38. The lowest BCUT2D eigenvalue weighted by atomic mass is 10.2. The lowest BCUT2D eigenvalue weighted by Crippen LogP contribution is -2.28. The summed E-state index contributed by atoms with van der Waals surface area (Å²) in [5.74, 6) is 0.307. The number of alkyl halides is 1. The molecule has 1 fully saturated rings. The average Bonchev–Trinajstić information content (AvgIpc) is 2.86. The van der Waals surface area contributed by atoms with E-state index in [1.807, 2.05) is 13.0 Å². The van der Waals surface area contributed by atoms with E-state index in [1.54, 1.807) is 10.4 Å². The van der Waals surface area contributed by atoms with E-state index < -0.39 is 10.0 Å². The molecular formula is C12H15BrClNO2S. The lowest BCUT2D eigenvalue weighted by Gasteiger charge is -2.18. The smallest absolute Gasteiger partial charge is 0.207 e. The normalized spacial score (nSPS) is 17.3. The summed E-state index contributed by atoms with van der Waals surface area (Å²) in [4.78, 5) is 0.370. The maximum atomic E-state index is 12.5. The van der Waals surface area contributed by atoms with Gasteiger partial charge in [0.2, 0.25) is 10.0 Å². The fourth-order valence-electron chi connectivity index (χ4n) is 2.12. The van der Waals surface area contributed by atoms with Crippen LogP contribution in [0.1, 0.15) is 24.0 Å². The average molecular weight is 353 g/mol. The fraction of sp³-hybridized carbons (Fsp3) is 0.500. The first-order valence-electron chi connectivity index (χ1n) is 5.82. The minimum absolute atomic E-state index is 0.307. The molecule has 0 aromatic heterocycles. The molecule has 6 heteroatoms. The van der Waals surface area contributed by atoms with E-state index in [0.717, 1.165) is 28.4 Å². The molecule has 3 nitrogen and oxygen atoms in total. The van der Waals surface area contributed by atoms with E-state index in [2.05, 4.69) is 15.9 Å². The first-order valence-corrected chi connectivity index (χ1v) is 8.58. The first-order chi connectivity index (χ1) is 8.46. The van der Waals surface area contributed by atoms with Crippen LogP contribution in [0.2, 0.25) is 0 Å². The molecular weight excluding hydrogens is 338 g/mol. The molecule has 0 aliphatic carbocycles. The van der Waals surface area contributed by atoms with Crippen molar-refractivity contribution < 1.29 is 8.42 Å². The van der Waals surface area contributed by atoms with E-state index in [1.165, 1.54) is 0 Å². The Morgan fingerprint density at radius 3 is 2.50 bits per heavy atom. The molecule has 0 radical (unpaired) electrons. The van der Waals surface area contributed by atoms with Crippen molar-refractivity contribution >= 4 is 37.6 Å². The second kappa shape index (κ2) is 5.49. The molecule has 0 atom stereocenters. The van der Waals surface area contributed by atoms with Crippen LogP contribution in [0.15, 0.2) is 21.5 Å². The van der Waals surface area contributed by atoms with E-state index in [0.29, 0.717) is 23.9 Å². The molecule has 0 unspecified atom stereocenters. The van der Waals surface area contributed by atoms with Gasteiger partial charge >= 0.3 is 0 Å². The summed E-state index contributed by atoms with van der Waals surface area (Å²) >= 11 is 9.20. The molecule has 1 aliphatic heterocycles. The maximum Gasteiger partial charge on any atom is 0.243 e. The molecule has 18 heavy (non-hydrogen) atoms. The van der Waals surface area contributed by atoms with Crippen LogP contribution in [0.5, 0.6) is 0 Å². The third-order valence-corrected chi connectivity index (χ3v) is 6.35. The molecule has 2 rings (SSSR count). The van der Waals surface area contributed by atoms with Gasteiger partial charge < -0.3 is 0 Å². The zero-order valence-corrected chi connectivity index (χ0v) is 13.3. The zero-order valence-electron chi connectivity index (χ0n) is 10.1. The summed E-state index contributed by atoms with van der Waals surface area (Å²) < 4.78 is 27.4. The predicted molar refractivity (Wildman–Crippen MR) is 76.4 cm³/mol. The van der Waals surface area contributed by atoms with E-state index in [9.17, 15) is 8.42 Å². The van der Waals surface area contributed by atoms with Crippen molar-refractivity contribution in [2.24, 2.45) is 0 Å². The highest BCUT2D eigenvalue weighted by molar-refractivity contribution is 9.10. The summed E-state index contributed by atoms with van der Waals surface area (Å²) in [5, 5.41) is 0. The molecule has 1 aliphatic rings. The molecule has 0 amide bonds. The van der Waals surface area contributed by atoms with Gasteiger partial charge in [-0.1, -0.05) is 15.9 Å². The Morgan fingerprint density at radius 2 is 1.94 bits per heavy atom. The van der Waals surface area contributed by atoms with Crippen LogP contribution < -0.4 is 0 Å².